The monoisotopic (exact) mass is 401 g/mol. The summed E-state index contributed by atoms with van der Waals surface area (Å²) in [6.45, 7) is 5.55. The lowest BCUT2D eigenvalue weighted by Crippen LogP contribution is -2.44. The minimum atomic E-state index is 0. The highest BCUT2D eigenvalue weighted by Gasteiger charge is 2.13. The number of hydrogen-bond donors (Lipinski definition) is 1. The number of nitrogens with two attached hydrogens (primary N) is 1. The van der Waals surface area contributed by atoms with Gasteiger partial charge in [0.15, 0.2) is 5.96 Å². The first-order valence-corrected chi connectivity index (χ1v) is 6.85. The Morgan fingerprint density at radius 1 is 1.29 bits per heavy atom. The van der Waals surface area contributed by atoms with Crippen molar-refractivity contribution in [2.24, 2.45) is 10.7 Å². The van der Waals surface area contributed by atoms with Gasteiger partial charge in [-0.15, -0.1) is 24.0 Å². The number of benzene rings is 1. The van der Waals surface area contributed by atoms with E-state index >= 15 is 0 Å². The Morgan fingerprint density at radius 3 is 2.71 bits per heavy atom. The molecule has 0 spiro atoms. The zero-order valence-electron chi connectivity index (χ0n) is 12.0. The number of para-hydroxylation sites is 1. The van der Waals surface area contributed by atoms with E-state index in [4.69, 9.17) is 14.9 Å². The minimum absolute atomic E-state index is 0. The van der Waals surface area contributed by atoms with Crippen molar-refractivity contribution in [1.82, 2.24) is 4.90 Å². The molecule has 2 heterocycles. The topological polar surface area (TPSA) is 64.0 Å². The summed E-state index contributed by atoms with van der Waals surface area (Å²) in [4.78, 5) is 6.49. The maximum Gasteiger partial charge on any atom is 0.191 e. The number of aliphatic imine (C=N–C) groups is 1. The van der Waals surface area contributed by atoms with Crippen LogP contribution in [0, 0.1) is 6.92 Å². The van der Waals surface area contributed by atoms with E-state index in [0.29, 0.717) is 25.7 Å². The maximum absolute atomic E-state index is 6.02. The molecule has 1 aromatic carbocycles. The third-order valence-corrected chi connectivity index (χ3v) is 3.66. The summed E-state index contributed by atoms with van der Waals surface area (Å²) in [5.74, 6) is 1.44. The zero-order valence-corrected chi connectivity index (χ0v) is 14.4. The summed E-state index contributed by atoms with van der Waals surface area (Å²) >= 11 is 0. The predicted octanol–water partition coefficient (Wildman–Crippen LogP) is 2.51. The van der Waals surface area contributed by atoms with Crippen molar-refractivity contribution in [1.29, 1.82) is 0 Å². The SMILES string of the molecule is Cc1c(CN=C(N)N2CCOCC2)oc2ccccc12.I. The van der Waals surface area contributed by atoms with Gasteiger partial charge in [-0.05, 0) is 13.0 Å². The molecule has 0 atom stereocenters. The number of morpholine rings is 1. The molecule has 0 radical (unpaired) electrons. The van der Waals surface area contributed by atoms with Crippen molar-refractivity contribution in [3.63, 3.8) is 0 Å². The second kappa shape index (κ2) is 7.13. The first-order valence-electron chi connectivity index (χ1n) is 6.85. The van der Waals surface area contributed by atoms with Crippen LogP contribution in [0.3, 0.4) is 0 Å². The Labute approximate surface area is 141 Å². The molecule has 0 bridgehead atoms. The summed E-state index contributed by atoms with van der Waals surface area (Å²) < 4.78 is 11.1. The van der Waals surface area contributed by atoms with E-state index in [0.717, 1.165) is 35.4 Å². The van der Waals surface area contributed by atoms with Gasteiger partial charge in [-0.1, -0.05) is 18.2 Å². The first-order chi connectivity index (χ1) is 9.75. The summed E-state index contributed by atoms with van der Waals surface area (Å²) in [6.07, 6.45) is 0. The number of ether oxygens (including phenoxy) is 1. The molecule has 2 aromatic rings. The Hall–Kier alpha value is -1.28. The third-order valence-electron chi connectivity index (χ3n) is 3.66. The molecule has 21 heavy (non-hydrogen) atoms. The van der Waals surface area contributed by atoms with E-state index in [-0.39, 0.29) is 24.0 Å². The summed E-state index contributed by atoms with van der Waals surface area (Å²) in [6, 6.07) is 8.02. The van der Waals surface area contributed by atoms with Gasteiger partial charge < -0.3 is 19.8 Å². The quantitative estimate of drug-likeness (QED) is 0.477. The van der Waals surface area contributed by atoms with Gasteiger partial charge in [-0.25, -0.2) is 4.99 Å². The molecule has 1 aliphatic rings. The van der Waals surface area contributed by atoms with Gasteiger partial charge in [-0.2, -0.15) is 0 Å². The molecule has 0 aliphatic carbocycles. The Balaban J connectivity index is 0.00000161. The molecular formula is C15H20IN3O2. The highest BCUT2D eigenvalue weighted by molar-refractivity contribution is 14.0. The standard InChI is InChI=1S/C15H19N3O2.HI/c1-11-12-4-2-3-5-13(12)20-14(11)10-17-15(16)18-6-8-19-9-7-18;/h2-5H,6-10H2,1H3,(H2,16,17);1H. The largest absolute Gasteiger partial charge is 0.459 e. The Morgan fingerprint density at radius 2 is 2.00 bits per heavy atom. The van der Waals surface area contributed by atoms with Crippen molar-refractivity contribution in [2.45, 2.75) is 13.5 Å². The third kappa shape index (κ3) is 3.49. The lowest BCUT2D eigenvalue weighted by Gasteiger charge is -2.27. The van der Waals surface area contributed by atoms with Crippen LogP contribution < -0.4 is 5.73 Å². The molecule has 3 rings (SSSR count). The fourth-order valence-electron chi connectivity index (χ4n) is 2.42. The van der Waals surface area contributed by atoms with Crippen LogP contribution >= 0.6 is 24.0 Å². The van der Waals surface area contributed by atoms with Crippen LogP contribution in [-0.2, 0) is 11.3 Å². The van der Waals surface area contributed by atoms with Crippen molar-refractivity contribution in [2.75, 3.05) is 26.3 Å². The molecule has 2 N–H and O–H groups in total. The Kier molecular flexibility index (Phi) is 5.46. The van der Waals surface area contributed by atoms with Gasteiger partial charge in [0.05, 0.1) is 13.2 Å². The molecule has 1 fully saturated rings. The van der Waals surface area contributed by atoms with E-state index in [9.17, 15) is 0 Å². The van der Waals surface area contributed by atoms with Gasteiger partial charge >= 0.3 is 0 Å². The van der Waals surface area contributed by atoms with Gasteiger partial charge in [0.1, 0.15) is 17.9 Å². The van der Waals surface area contributed by atoms with Gasteiger partial charge in [0.2, 0.25) is 0 Å². The van der Waals surface area contributed by atoms with E-state index in [1.807, 2.05) is 23.1 Å². The highest BCUT2D eigenvalue weighted by atomic mass is 127. The number of rotatable bonds is 2. The lowest BCUT2D eigenvalue weighted by molar-refractivity contribution is 0.0674. The molecule has 0 unspecified atom stereocenters. The zero-order chi connectivity index (χ0) is 13.9. The van der Waals surface area contributed by atoms with Crippen LogP contribution in [-0.4, -0.2) is 37.2 Å². The number of hydrogen-bond acceptors (Lipinski definition) is 3. The lowest BCUT2D eigenvalue weighted by atomic mass is 10.1. The number of fused-ring (bicyclic) bond motifs is 1. The minimum Gasteiger partial charge on any atom is -0.459 e. The number of furan rings is 1. The predicted molar refractivity (Wildman–Crippen MR) is 94.1 cm³/mol. The van der Waals surface area contributed by atoms with Crippen molar-refractivity contribution < 1.29 is 9.15 Å². The van der Waals surface area contributed by atoms with Crippen molar-refractivity contribution >= 4 is 40.9 Å². The van der Waals surface area contributed by atoms with Crippen LogP contribution in [0.5, 0.6) is 0 Å². The van der Waals surface area contributed by atoms with Crippen molar-refractivity contribution in [3.8, 4) is 0 Å². The number of halogens is 1. The fraction of sp³-hybridized carbons (Fsp3) is 0.400. The normalized spacial score (nSPS) is 16.0. The average molecular weight is 401 g/mol. The van der Waals surface area contributed by atoms with E-state index in [1.165, 1.54) is 0 Å². The van der Waals surface area contributed by atoms with Crippen LogP contribution in [0.25, 0.3) is 11.0 Å². The molecule has 5 nitrogen and oxygen atoms in total. The second-order valence-electron chi connectivity index (χ2n) is 4.92. The fourth-order valence-corrected chi connectivity index (χ4v) is 2.42. The number of guanidine groups is 1. The van der Waals surface area contributed by atoms with E-state index in [2.05, 4.69) is 18.0 Å². The molecule has 6 heteroatoms. The first kappa shape index (κ1) is 16.1. The highest BCUT2D eigenvalue weighted by Crippen LogP contribution is 2.25. The second-order valence-corrected chi connectivity index (χ2v) is 4.92. The van der Waals surface area contributed by atoms with Crippen LogP contribution in [0.1, 0.15) is 11.3 Å². The van der Waals surface area contributed by atoms with Gasteiger partial charge in [-0.3, -0.25) is 0 Å². The van der Waals surface area contributed by atoms with Crippen LogP contribution in [0.15, 0.2) is 33.7 Å². The van der Waals surface area contributed by atoms with Gasteiger partial charge in [0.25, 0.3) is 0 Å². The summed E-state index contributed by atoms with van der Waals surface area (Å²) in [7, 11) is 0. The molecule has 0 amide bonds. The molecule has 1 aliphatic heterocycles. The summed E-state index contributed by atoms with van der Waals surface area (Å²) in [5.41, 5.74) is 8.06. The molecule has 114 valence electrons. The van der Waals surface area contributed by atoms with Crippen LogP contribution in [0.4, 0.5) is 0 Å². The van der Waals surface area contributed by atoms with E-state index in [1.54, 1.807) is 0 Å². The Bertz CT molecular complexity index is 633. The van der Waals surface area contributed by atoms with Gasteiger partial charge in [0, 0.05) is 24.0 Å². The van der Waals surface area contributed by atoms with Crippen LogP contribution in [0.2, 0.25) is 0 Å². The van der Waals surface area contributed by atoms with E-state index < -0.39 is 0 Å². The van der Waals surface area contributed by atoms with Crippen molar-refractivity contribution in [3.05, 3.63) is 35.6 Å². The smallest absolute Gasteiger partial charge is 0.191 e. The molecule has 1 saturated heterocycles. The maximum atomic E-state index is 6.02. The number of nitrogens with zero attached hydrogens (tertiary/aromatic N) is 2. The molecule has 1 aromatic heterocycles. The molecule has 0 saturated carbocycles. The molecular weight excluding hydrogens is 381 g/mol. The summed E-state index contributed by atoms with van der Waals surface area (Å²) in [5, 5.41) is 1.14. The average Bonchev–Trinajstić information content (AvgIpc) is 2.83. The number of aryl methyl sites for hydroxylation is 1.